The summed E-state index contributed by atoms with van der Waals surface area (Å²) in [5.41, 5.74) is 0.431. The molecule has 1 aromatic carbocycles. The molecule has 0 aliphatic heterocycles. The van der Waals surface area contributed by atoms with E-state index in [1.54, 1.807) is 30.3 Å². The fraction of sp³-hybridized carbons (Fsp3) is 0.250. The van der Waals surface area contributed by atoms with Crippen molar-refractivity contribution in [1.29, 1.82) is 0 Å². The summed E-state index contributed by atoms with van der Waals surface area (Å²) in [5, 5.41) is 4.78. The molecule has 2 N–H and O–H groups in total. The monoisotopic (exact) mass is 234 g/mol. The average molecular weight is 234 g/mol. The molecule has 0 aromatic heterocycles. The van der Waals surface area contributed by atoms with Crippen LogP contribution in [-0.4, -0.2) is 23.8 Å². The summed E-state index contributed by atoms with van der Waals surface area (Å²) < 4.78 is 0. The third-order valence-electron chi connectivity index (χ3n) is 2.02. The van der Waals surface area contributed by atoms with Gasteiger partial charge in [-0.2, -0.15) is 0 Å². The van der Waals surface area contributed by atoms with Crippen LogP contribution in [0.15, 0.2) is 30.3 Å². The second-order valence-corrected chi connectivity index (χ2v) is 3.56. The van der Waals surface area contributed by atoms with Gasteiger partial charge in [-0.05, 0) is 0 Å². The Morgan fingerprint density at radius 3 is 1.82 bits per heavy atom. The van der Waals surface area contributed by atoms with Crippen molar-refractivity contribution < 1.29 is 14.4 Å². The first-order chi connectivity index (χ1) is 8.00. The lowest BCUT2D eigenvalue weighted by Crippen LogP contribution is -2.51. The average Bonchev–Trinajstić information content (AvgIpc) is 2.27. The summed E-state index contributed by atoms with van der Waals surface area (Å²) in [4.78, 5) is 33.9. The molecule has 0 aliphatic rings. The molecule has 2 amide bonds. The van der Waals surface area contributed by atoms with Crippen molar-refractivity contribution in [2.24, 2.45) is 0 Å². The first-order valence-electron chi connectivity index (χ1n) is 5.14. The molecule has 5 heteroatoms. The highest BCUT2D eigenvalue weighted by Crippen LogP contribution is 2.02. The zero-order valence-electron chi connectivity index (χ0n) is 9.69. The highest BCUT2D eigenvalue weighted by atomic mass is 16.2. The van der Waals surface area contributed by atoms with Crippen LogP contribution >= 0.6 is 0 Å². The SMILES string of the molecule is CC(=O)NC(NC(C)=O)C(=O)c1ccccc1. The summed E-state index contributed by atoms with van der Waals surface area (Å²) in [7, 11) is 0. The van der Waals surface area contributed by atoms with E-state index in [4.69, 9.17) is 0 Å². The Labute approximate surface area is 99.2 Å². The first-order valence-corrected chi connectivity index (χ1v) is 5.14. The van der Waals surface area contributed by atoms with Crippen LogP contribution in [0.3, 0.4) is 0 Å². The fourth-order valence-electron chi connectivity index (χ4n) is 1.34. The maximum atomic E-state index is 12.0. The van der Waals surface area contributed by atoms with Gasteiger partial charge in [-0.25, -0.2) is 0 Å². The number of hydrogen-bond donors (Lipinski definition) is 2. The molecular formula is C12H14N2O3. The number of benzene rings is 1. The highest BCUT2D eigenvalue weighted by molar-refractivity contribution is 6.03. The molecule has 1 aromatic rings. The molecule has 1 rings (SSSR count). The van der Waals surface area contributed by atoms with Crippen molar-refractivity contribution in [1.82, 2.24) is 10.6 Å². The van der Waals surface area contributed by atoms with Crippen molar-refractivity contribution in [2.45, 2.75) is 20.0 Å². The Balaban J connectivity index is 2.86. The molecule has 5 nitrogen and oxygen atoms in total. The Kier molecular flexibility index (Phi) is 4.39. The van der Waals surface area contributed by atoms with Gasteiger partial charge in [0.1, 0.15) is 0 Å². The molecule has 0 unspecified atom stereocenters. The number of Topliss-reactive ketones (excluding diaryl/α,β-unsaturated/α-hetero) is 1. The van der Waals surface area contributed by atoms with Gasteiger partial charge in [-0.3, -0.25) is 14.4 Å². The van der Waals surface area contributed by atoms with E-state index in [1.165, 1.54) is 13.8 Å². The van der Waals surface area contributed by atoms with Gasteiger partial charge < -0.3 is 10.6 Å². The summed E-state index contributed by atoms with van der Waals surface area (Å²) in [6.07, 6.45) is -1.02. The minimum absolute atomic E-state index is 0.351. The normalized spacial score (nSPS) is 9.82. The molecule has 0 spiro atoms. The Bertz CT molecular complexity index is 413. The van der Waals surface area contributed by atoms with Crippen molar-refractivity contribution in [3.63, 3.8) is 0 Å². The van der Waals surface area contributed by atoms with Crippen molar-refractivity contribution in [3.05, 3.63) is 35.9 Å². The summed E-state index contributed by atoms with van der Waals surface area (Å²) in [5.74, 6) is -1.11. The molecule has 0 aliphatic carbocycles. The van der Waals surface area contributed by atoms with E-state index in [0.29, 0.717) is 5.56 Å². The Hall–Kier alpha value is -2.17. The third kappa shape index (κ3) is 4.06. The minimum atomic E-state index is -1.02. The molecule has 90 valence electrons. The van der Waals surface area contributed by atoms with Crippen molar-refractivity contribution in [2.75, 3.05) is 0 Å². The zero-order chi connectivity index (χ0) is 12.8. The number of ketones is 1. The number of carbonyl (C=O) groups is 3. The lowest BCUT2D eigenvalue weighted by Gasteiger charge is -2.17. The summed E-state index contributed by atoms with van der Waals surface area (Å²) in [6, 6.07) is 8.46. The Morgan fingerprint density at radius 1 is 0.941 bits per heavy atom. The summed E-state index contributed by atoms with van der Waals surface area (Å²) in [6.45, 7) is 2.57. The van der Waals surface area contributed by atoms with Crippen LogP contribution in [0, 0.1) is 0 Å². The fourth-order valence-corrected chi connectivity index (χ4v) is 1.34. The van der Waals surface area contributed by atoms with Gasteiger partial charge in [0.25, 0.3) is 0 Å². The molecule has 0 atom stereocenters. The van der Waals surface area contributed by atoms with Crippen LogP contribution in [0.1, 0.15) is 24.2 Å². The van der Waals surface area contributed by atoms with Crippen LogP contribution in [-0.2, 0) is 9.59 Å². The van der Waals surface area contributed by atoms with Gasteiger partial charge in [-0.15, -0.1) is 0 Å². The minimum Gasteiger partial charge on any atom is -0.330 e. The number of carbonyl (C=O) groups excluding carboxylic acids is 3. The van der Waals surface area contributed by atoms with E-state index in [0.717, 1.165) is 0 Å². The third-order valence-corrected chi connectivity index (χ3v) is 2.02. The predicted molar refractivity (Wildman–Crippen MR) is 62.2 cm³/mol. The molecular weight excluding hydrogens is 220 g/mol. The predicted octanol–water partition coefficient (Wildman–Crippen LogP) is 0.468. The lowest BCUT2D eigenvalue weighted by molar-refractivity contribution is -0.121. The van der Waals surface area contributed by atoms with E-state index in [1.807, 2.05) is 0 Å². The zero-order valence-corrected chi connectivity index (χ0v) is 9.69. The molecule has 0 saturated carbocycles. The molecule has 0 fully saturated rings. The van der Waals surface area contributed by atoms with Crippen LogP contribution in [0.5, 0.6) is 0 Å². The number of nitrogens with one attached hydrogen (secondary N) is 2. The van der Waals surface area contributed by atoms with Crippen LogP contribution in [0.25, 0.3) is 0 Å². The standard InChI is InChI=1S/C12H14N2O3/c1-8(15)13-12(14-9(2)16)11(17)10-6-4-3-5-7-10/h3-7,12H,1-2H3,(H,13,15)(H,14,16). The van der Waals surface area contributed by atoms with E-state index in [2.05, 4.69) is 10.6 Å². The second-order valence-electron chi connectivity index (χ2n) is 3.56. The smallest absolute Gasteiger partial charge is 0.218 e. The van der Waals surface area contributed by atoms with E-state index in [-0.39, 0.29) is 17.6 Å². The van der Waals surface area contributed by atoms with Gasteiger partial charge in [-0.1, -0.05) is 30.3 Å². The van der Waals surface area contributed by atoms with Crippen LogP contribution in [0.2, 0.25) is 0 Å². The Morgan fingerprint density at radius 2 is 1.41 bits per heavy atom. The maximum Gasteiger partial charge on any atom is 0.218 e. The first kappa shape index (κ1) is 12.9. The molecule has 0 heterocycles. The van der Waals surface area contributed by atoms with Crippen molar-refractivity contribution >= 4 is 17.6 Å². The van der Waals surface area contributed by atoms with Gasteiger partial charge in [0.05, 0.1) is 0 Å². The van der Waals surface area contributed by atoms with E-state index < -0.39 is 6.17 Å². The van der Waals surface area contributed by atoms with E-state index >= 15 is 0 Å². The van der Waals surface area contributed by atoms with Gasteiger partial charge in [0.15, 0.2) is 6.17 Å². The summed E-state index contributed by atoms with van der Waals surface area (Å²) >= 11 is 0. The lowest BCUT2D eigenvalue weighted by atomic mass is 10.1. The number of amides is 2. The molecule has 0 bridgehead atoms. The second kappa shape index (κ2) is 5.79. The topological polar surface area (TPSA) is 75.3 Å². The molecule has 0 saturated heterocycles. The van der Waals surface area contributed by atoms with Gasteiger partial charge in [0.2, 0.25) is 17.6 Å². The van der Waals surface area contributed by atoms with Gasteiger partial charge in [0, 0.05) is 19.4 Å². The van der Waals surface area contributed by atoms with Crippen molar-refractivity contribution in [3.8, 4) is 0 Å². The van der Waals surface area contributed by atoms with Crippen LogP contribution < -0.4 is 10.6 Å². The van der Waals surface area contributed by atoms with E-state index in [9.17, 15) is 14.4 Å². The van der Waals surface area contributed by atoms with Gasteiger partial charge >= 0.3 is 0 Å². The molecule has 17 heavy (non-hydrogen) atoms. The maximum absolute atomic E-state index is 12.0. The number of rotatable bonds is 4. The highest BCUT2D eigenvalue weighted by Gasteiger charge is 2.21. The largest absolute Gasteiger partial charge is 0.330 e. The quantitative estimate of drug-likeness (QED) is 0.587. The van der Waals surface area contributed by atoms with Crippen LogP contribution in [0.4, 0.5) is 0 Å². The molecule has 0 radical (unpaired) electrons. The number of hydrogen-bond acceptors (Lipinski definition) is 3.